The molecule has 2 aromatic carbocycles. The van der Waals surface area contributed by atoms with Gasteiger partial charge < -0.3 is 20.1 Å². The minimum Gasteiger partial charge on any atom is -0.486 e. The lowest BCUT2D eigenvalue weighted by molar-refractivity contribution is -0.383. The summed E-state index contributed by atoms with van der Waals surface area (Å²) >= 11 is 0. The number of rotatable bonds is 5. The SMILES string of the molecule is O=[N+]([O-])c1c(Nc2ccc3c(c2)OCCO3)ncnc1Nc1ccccc1F. The topological polar surface area (TPSA) is 111 Å². The molecule has 0 bridgehead atoms. The van der Waals surface area contributed by atoms with Gasteiger partial charge in [-0.05, 0) is 24.3 Å². The molecular formula is C18H14FN5O4. The van der Waals surface area contributed by atoms with Gasteiger partial charge >= 0.3 is 5.69 Å². The number of anilines is 4. The van der Waals surface area contributed by atoms with Gasteiger partial charge in [-0.2, -0.15) is 0 Å². The first-order chi connectivity index (χ1) is 13.6. The number of benzene rings is 2. The zero-order valence-electron chi connectivity index (χ0n) is 14.4. The Kier molecular flexibility index (Phi) is 4.58. The summed E-state index contributed by atoms with van der Waals surface area (Å²) in [5, 5.41) is 17.2. The first-order valence-corrected chi connectivity index (χ1v) is 8.29. The van der Waals surface area contributed by atoms with E-state index in [9.17, 15) is 14.5 Å². The van der Waals surface area contributed by atoms with Gasteiger partial charge in [-0.3, -0.25) is 10.1 Å². The van der Waals surface area contributed by atoms with Crippen molar-refractivity contribution >= 4 is 28.7 Å². The minimum absolute atomic E-state index is 0.0458. The van der Waals surface area contributed by atoms with Crippen molar-refractivity contribution in [3.05, 3.63) is 64.7 Å². The molecule has 0 atom stereocenters. The van der Waals surface area contributed by atoms with E-state index in [1.54, 1.807) is 24.3 Å². The molecular weight excluding hydrogens is 369 g/mol. The molecule has 0 unspecified atom stereocenters. The predicted molar refractivity (Wildman–Crippen MR) is 99.1 cm³/mol. The van der Waals surface area contributed by atoms with Crippen LogP contribution in [0.15, 0.2) is 48.8 Å². The average molecular weight is 383 g/mol. The van der Waals surface area contributed by atoms with E-state index in [0.717, 1.165) is 6.33 Å². The number of aromatic nitrogens is 2. The summed E-state index contributed by atoms with van der Waals surface area (Å²) in [7, 11) is 0. The molecule has 3 aromatic rings. The van der Waals surface area contributed by atoms with Crippen LogP contribution in [0.5, 0.6) is 11.5 Å². The van der Waals surface area contributed by atoms with Crippen molar-refractivity contribution in [3.8, 4) is 11.5 Å². The predicted octanol–water partition coefficient (Wildman–Crippen LogP) is 3.78. The Bertz CT molecular complexity index is 1050. The lowest BCUT2D eigenvalue weighted by Gasteiger charge is -2.19. The first-order valence-electron chi connectivity index (χ1n) is 8.29. The van der Waals surface area contributed by atoms with E-state index in [4.69, 9.17) is 9.47 Å². The smallest absolute Gasteiger partial charge is 0.353 e. The Morgan fingerprint density at radius 2 is 1.71 bits per heavy atom. The molecule has 0 aliphatic carbocycles. The largest absolute Gasteiger partial charge is 0.486 e. The number of halogens is 1. The number of hydrogen-bond donors (Lipinski definition) is 2. The maximum Gasteiger partial charge on any atom is 0.353 e. The molecule has 142 valence electrons. The molecule has 0 fully saturated rings. The van der Waals surface area contributed by atoms with Crippen LogP contribution in [0.2, 0.25) is 0 Å². The van der Waals surface area contributed by atoms with Gasteiger partial charge in [-0.1, -0.05) is 12.1 Å². The van der Waals surface area contributed by atoms with Crippen LogP contribution in [0.25, 0.3) is 0 Å². The number of nitro groups is 1. The molecule has 28 heavy (non-hydrogen) atoms. The van der Waals surface area contributed by atoms with Crippen LogP contribution in [-0.2, 0) is 0 Å². The molecule has 4 rings (SSSR count). The normalized spacial score (nSPS) is 12.3. The van der Waals surface area contributed by atoms with Gasteiger partial charge in [0.25, 0.3) is 0 Å². The van der Waals surface area contributed by atoms with Crippen LogP contribution in [0.1, 0.15) is 0 Å². The molecule has 0 radical (unpaired) electrons. The van der Waals surface area contributed by atoms with E-state index >= 15 is 0 Å². The van der Waals surface area contributed by atoms with Gasteiger partial charge in [0.2, 0.25) is 11.6 Å². The summed E-state index contributed by atoms with van der Waals surface area (Å²) in [6.07, 6.45) is 1.15. The molecule has 1 aromatic heterocycles. The Morgan fingerprint density at radius 1 is 1.00 bits per heavy atom. The molecule has 9 nitrogen and oxygen atoms in total. The zero-order chi connectivity index (χ0) is 19.5. The fraction of sp³-hybridized carbons (Fsp3) is 0.111. The highest BCUT2D eigenvalue weighted by molar-refractivity contribution is 5.77. The van der Waals surface area contributed by atoms with Crippen molar-refractivity contribution in [2.24, 2.45) is 0 Å². The van der Waals surface area contributed by atoms with Gasteiger partial charge in [0, 0.05) is 11.8 Å². The highest BCUT2D eigenvalue weighted by atomic mass is 19.1. The van der Waals surface area contributed by atoms with E-state index in [-0.39, 0.29) is 17.3 Å². The molecule has 2 N–H and O–H groups in total. The van der Waals surface area contributed by atoms with Crippen LogP contribution in [0.3, 0.4) is 0 Å². The maximum absolute atomic E-state index is 13.9. The van der Waals surface area contributed by atoms with Crippen molar-refractivity contribution in [2.75, 3.05) is 23.8 Å². The van der Waals surface area contributed by atoms with Crippen LogP contribution in [-0.4, -0.2) is 28.1 Å². The summed E-state index contributed by atoms with van der Waals surface area (Å²) in [6, 6.07) is 10.9. The summed E-state index contributed by atoms with van der Waals surface area (Å²) in [5.41, 5.74) is 0.165. The van der Waals surface area contributed by atoms with E-state index in [1.807, 2.05) is 0 Å². The molecule has 0 amide bonds. The van der Waals surface area contributed by atoms with Gasteiger partial charge in [0.1, 0.15) is 25.4 Å². The first kappa shape index (κ1) is 17.5. The van der Waals surface area contributed by atoms with Crippen molar-refractivity contribution in [3.63, 3.8) is 0 Å². The molecule has 1 aliphatic rings. The van der Waals surface area contributed by atoms with Gasteiger partial charge in [-0.25, -0.2) is 14.4 Å². The maximum atomic E-state index is 13.9. The third-order valence-electron chi connectivity index (χ3n) is 3.94. The van der Waals surface area contributed by atoms with E-state index in [1.165, 1.54) is 18.2 Å². The Labute approximate surface area is 158 Å². The molecule has 1 aliphatic heterocycles. The fourth-order valence-electron chi connectivity index (χ4n) is 2.68. The van der Waals surface area contributed by atoms with Crippen molar-refractivity contribution in [2.45, 2.75) is 0 Å². The molecule has 0 saturated carbocycles. The molecule has 10 heteroatoms. The van der Waals surface area contributed by atoms with Crippen LogP contribution < -0.4 is 20.1 Å². The standard InChI is InChI=1S/C18H14FN5O4/c19-12-3-1-2-4-13(12)23-18-16(24(25)26)17(20-10-21-18)22-11-5-6-14-15(9-11)28-8-7-27-14/h1-6,9-10H,7-8H2,(H2,20,21,22,23). The Balaban J connectivity index is 1.68. The van der Waals surface area contributed by atoms with Gasteiger partial charge in [0.15, 0.2) is 11.5 Å². The van der Waals surface area contributed by atoms with E-state index < -0.39 is 16.4 Å². The molecule has 0 saturated heterocycles. The second kappa shape index (κ2) is 7.35. The Hall–Kier alpha value is -3.95. The van der Waals surface area contributed by atoms with E-state index in [2.05, 4.69) is 20.6 Å². The van der Waals surface area contributed by atoms with Crippen molar-refractivity contribution in [1.82, 2.24) is 9.97 Å². The summed E-state index contributed by atoms with van der Waals surface area (Å²) in [5.74, 6) is 0.381. The number of nitrogens with zero attached hydrogens (tertiary/aromatic N) is 3. The lowest BCUT2D eigenvalue weighted by Crippen LogP contribution is -2.15. The van der Waals surface area contributed by atoms with E-state index in [0.29, 0.717) is 30.4 Å². The summed E-state index contributed by atoms with van der Waals surface area (Å²) in [4.78, 5) is 18.9. The fourth-order valence-corrected chi connectivity index (χ4v) is 2.68. The van der Waals surface area contributed by atoms with Gasteiger partial charge in [0.05, 0.1) is 10.6 Å². The van der Waals surface area contributed by atoms with Crippen molar-refractivity contribution in [1.29, 1.82) is 0 Å². The second-order valence-corrected chi connectivity index (χ2v) is 5.76. The third kappa shape index (κ3) is 3.47. The van der Waals surface area contributed by atoms with Crippen molar-refractivity contribution < 1.29 is 18.8 Å². The monoisotopic (exact) mass is 383 g/mol. The number of para-hydroxylation sites is 1. The summed E-state index contributed by atoms with van der Waals surface area (Å²) < 4.78 is 24.9. The number of hydrogen-bond acceptors (Lipinski definition) is 8. The zero-order valence-corrected chi connectivity index (χ0v) is 14.4. The van der Waals surface area contributed by atoms with Crippen LogP contribution in [0.4, 0.5) is 33.1 Å². The number of fused-ring (bicyclic) bond motifs is 1. The number of ether oxygens (including phenoxy) is 2. The quantitative estimate of drug-likeness (QED) is 0.506. The molecule has 0 spiro atoms. The molecule has 2 heterocycles. The highest BCUT2D eigenvalue weighted by Gasteiger charge is 2.24. The van der Waals surface area contributed by atoms with Crippen LogP contribution in [0, 0.1) is 15.9 Å². The second-order valence-electron chi connectivity index (χ2n) is 5.76. The highest BCUT2D eigenvalue weighted by Crippen LogP contribution is 2.37. The third-order valence-corrected chi connectivity index (χ3v) is 3.94. The number of nitrogens with one attached hydrogen (secondary N) is 2. The Morgan fingerprint density at radius 3 is 2.46 bits per heavy atom. The summed E-state index contributed by atoms with van der Waals surface area (Å²) in [6.45, 7) is 0.878. The van der Waals surface area contributed by atoms with Gasteiger partial charge in [-0.15, -0.1) is 0 Å². The average Bonchev–Trinajstić information content (AvgIpc) is 2.69. The van der Waals surface area contributed by atoms with Crippen LogP contribution >= 0.6 is 0 Å². The minimum atomic E-state index is -0.635. The lowest BCUT2D eigenvalue weighted by atomic mass is 10.2.